The van der Waals surface area contributed by atoms with Crippen LogP contribution in [0.4, 0.5) is 5.13 Å². The quantitative estimate of drug-likeness (QED) is 0.475. The molecule has 1 aliphatic heterocycles. The molecule has 3 heterocycles. The monoisotopic (exact) mass is 449 g/mol. The van der Waals surface area contributed by atoms with Gasteiger partial charge in [0.1, 0.15) is 6.54 Å². The molecule has 3 N–H and O–H groups in total. The molecule has 0 spiro atoms. The molecule has 0 bridgehead atoms. The molecule has 2 amide bonds. The summed E-state index contributed by atoms with van der Waals surface area (Å²) in [4.78, 5) is 41.5. The molecule has 0 radical (unpaired) electrons. The van der Waals surface area contributed by atoms with Gasteiger partial charge in [0, 0.05) is 16.3 Å². The average Bonchev–Trinajstić information content (AvgIpc) is 3.44. The summed E-state index contributed by atoms with van der Waals surface area (Å²) in [5.41, 5.74) is 6.29. The smallest absolute Gasteiger partial charge is 0.275 e. The SMILES string of the molecule is NC(=O)c1nn(CC(=O)Nc2nc(-c3ccc4c(c3)OCO4)cs2)c(=O)c2ccccc12. The molecule has 0 saturated carbocycles. The molecule has 4 aromatic rings. The summed E-state index contributed by atoms with van der Waals surface area (Å²) in [6.45, 7) is -0.223. The Morgan fingerprint density at radius 1 is 1.12 bits per heavy atom. The van der Waals surface area contributed by atoms with Crippen molar-refractivity contribution in [1.29, 1.82) is 0 Å². The highest BCUT2D eigenvalue weighted by molar-refractivity contribution is 7.14. The minimum atomic E-state index is -0.788. The second kappa shape index (κ2) is 7.78. The highest BCUT2D eigenvalue weighted by Gasteiger charge is 2.18. The lowest BCUT2D eigenvalue weighted by atomic mass is 10.1. The molecule has 0 fully saturated rings. The van der Waals surface area contributed by atoms with E-state index in [2.05, 4.69) is 15.4 Å². The number of carbonyl (C=O) groups is 2. The van der Waals surface area contributed by atoms with Gasteiger partial charge in [-0.25, -0.2) is 9.67 Å². The maximum atomic E-state index is 12.7. The first-order valence-corrected chi connectivity index (χ1v) is 10.3. The third kappa shape index (κ3) is 3.54. The summed E-state index contributed by atoms with van der Waals surface area (Å²) in [6, 6.07) is 11.9. The van der Waals surface area contributed by atoms with Crippen LogP contribution in [0.3, 0.4) is 0 Å². The summed E-state index contributed by atoms with van der Waals surface area (Å²) in [7, 11) is 0. The van der Waals surface area contributed by atoms with E-state index in [-0.39, 0.29) is 17.9 Å². The molecule has 160 valence electrons. The van der Waals surface area contributed by atoms with Gasteiger partial charge in [-0.15, -0.1) is 11.3 Å². The average molecular weight is 449 g/mol. The number of nitrogens with zero attached hydrogens (tertiary/aromatic N) is 3. The first-order valence-electron chi connectivity index (χ1n) is 9.44. The van der Waals surface area contributed by atoms with E-state index >= 15 is 0 Å². The maximum Gasteiger partial charge on any atom is 0.275 e. The van der Waals surface area contributed by atoms with Crippen molar-refractivity contribution in [3.63, 3.8) is 0 Å². The lowest BCUT2D eigenvalue weighted by molar-refractivity contribution is -0.117. The molecule has 5 rings (SSSR count). The number of thiazole rings is 1. The van der Waals surface area contributed by atoms with Crippen molar-refractivity contribution < 1.29 is 19.1 Å². The van der Waals surface area contributed by atoms with Crippen LogP contribution < -0.4 is 26.1 Å². The molecule has 2 aromatic heterocycles. The van der Waals surface area contributed by atoms with Gasteiger partial charge in [-0.05, 0) is 24.3 Å². The maximum absolute atomic E-state index is 12.7. The predicted octanol–water partition coefficient (Wildman–Crippen LogP) is 1.99. The van der Waals surface area contributed by atoms with Crippen molar-refractivity contribution in [1.82, 2.24) is 14.8 Å². The van der Waals surface area contributed by atoms with Gasteiger partial charge < -0.3 is 20.5 Å². The van der Waals surface area contributed by atoms with E-state index in [4.69, 9.17) is 15.2 Å². The van der Waals surface area contributed by atoms with E-state index < -0.39 is 23.9 Å². The van der Waals surface area contributed by atoms with Gasteiger partial charge in [-0.1, -0.05) is 18.2 Å². The minimum absolute atomic E-state index is 0.0765. The number of hydrogen-bond acceptors (Lipinski definition) is 8. The number of amides is 2. The van der Waals surface area contributed by atoms with E-state index in [0.717, 1.165) is 10.2 Å². The number of hydrogen-bond donors (Lipinski definition) is 2. The number of nitrogens with one attached hydrogen (secondary N) is 1. The predicted molar refractivity (Wildman–Crippen MR) is 117 cm³/mol. The largest absolute Gasteiger partial charge is 0.454 e. The zero-order valence-corrected chi connectivity index (χ0v) is 17.2. The molecular formula is C21H15N5O5S. The summed E-state index contributed by atoms with van der Waals surface area (Å²) >= 11 is 1.23. The van der Waals surface area contributed by atoms with Crippen LogP contribution in [0.1, 0.15) is 10.5 Å². The fourth-order valence-corrected chi connectivity index (χ4v) is 4.07. The van der Waals surface area contributed by atoms with E-state index in [9.17, 15) is 14.4 Å². The standard InChI is InChI=1S/C21H15N5O5S/c22-19(28)18-12-3-1-2-4-13(12)20(29)26(25-18)8-17(27)24-21-23-14(9-32-21)11-5-6-15-16(7-11)31-10-30-15/h1-7,9H,8,10H2,(H2,22,28)(H,23,24,27). The van der Waals surface area contributed by atoms with Crippen LogP contribution in [-0.2, 0) is 11.3 Å². The number of primary amides is 1. The molecular weight excluding hydrogens is 434 g/mol. The van der Waals surface area contributed by atoms with Crippen LogP contribution >= 0.6 is 11.3 Å². The van der Waals surface area contributed by atoms with E-state index in [1.807, 2.05) is 12.1 Å². The summed E-state index contributed by atoms with van der Waals surface area (Å²) in [5, 5.41) is 9.39. The molecule has 2 aromatic carbocycles. The minimum Gasteiger partial charge on any atom is -0.454 e. The Labute approximate surface area is 184 Å². The third-order valence-electron chi connectivity index (χ3n) is 4.81. The van der Waals surface area contributed by atoms with Crippen LogP contribution in [0.15, 0.2) is 52.6 Å². The number of fused-ring (bicyclic) bond motifs is 2. The van der Waals surface area contributed by atoms with E-state index in [0.29, 0.717) is 27.7 Å². The van der Waals surface area contributed by atoms with Gasteiger partial charge >= 0.3 is 0 Å². The van der Waals surface area contributed by atoms with Crippen molar-refractivity contribution in [2.75, 3.05) is 12.1 Å². The van der Waals surface area contributed by atoms with Gasteiger partial charge in [0.05, 0.1) is 11.1 Å². The molecule has 1 aliphatic rings. The number of benzene rings is 2. The number of aromatic nitrogens is 3. The topological polar surface area (TPSA) is 138 Å². The van der Waals surface area contributed by atoms with Gasteiger partial charge in [0.2, 0.25) is 12.7 Å². The second-order valence-corrected chi connectivity index (χ2v) is 7.73. The molecule has 32 heavy (non-hydrogen) atoms. The van der Waals surface area contributed by atoms with Crippen LogP contribution in [0.5, 0.6) is 11.5 Å². The highest BCUT2D eigenvalue weighted by Crippen LogP contribution is 2.36. The van der Waals surface area contributed by atoms with Crippen molar-refractivity contribution >= 4 is 39.1 Å². The summed E-state index contributed by atoms with van der Waals surface area (Å²) < 4.78 is 11.6. The lowest BCUT2D eigenvalue weighted by Crippen LogP contribution is -2.32. The summed E-state index contributed by atoms with van der Waals surface area (Å²) in [5.74, 6) is -0.00482. The Kier molecular flexibility index (Phi) is 4.79. The van der Waals surface area contributed by atoms with Crippen LogP contribution in [0.25, 0.3) is 22.0 Å². The Balaban J connectivity index is 1.37. The molecule has 0 unspecified atom stereocenters. The number of ether oxygens (including phenoxy) is 2. The van der Waals surface area contributed by atoms with Crippen molar-refractivity contribution in [3.05, 3.63) is 63.9 Å². The lowest BCUT2D eigenvalue weighted by Gasteiger charge is -2.09. The molecule has 0 saturated heterocycles. The van der Waals surface area contributed by atoms with Gasteiger partial charge in [0.15, 0.2) is 22.3 Å². The van der Waals surface area contributed by atoms with Crippen LogP contribution in [-0.4, -0.2) is 33.4 Å². The number of carbonyl (C=O) groups excluding carboxylic acids is 2. The molecule has 10 nitrogen and oxygen atoms in total. The Hall–Kier alpha value is -4.25. The van der Waals surface area contributed by atoms with Gasteiger partial charge in [-0.3, -0.25) is 14.4 Å². The number of nitrogens with two attached hydrogens (primary N) is 1. The molecule has 0 atom stereocenters. The number of rotatable bonds is 5. The Morgan fingerprint density at radius 3 is 2.72 bits per heavy atom. The summed E-state index contributed by atoms with van der Waals surface area (Å²) in [6.07, 6.45) is 0. The third-order valence-corrected chi connectivity index (χ3v) is 5.57. The fraction of sp³-hybridized carbons (Fsp3) is 0.0952. The number of anilines is 1. The Morgan fingerprint density at radius 2 is 1.91 bits per heavy atom. The zero-order chi connectivity index (χ0) is 22.2. The first-order chi connectivity index (χ1) is 15.5. The van der Waals surface area contributed by atoms with Crippen LogP contribution in [0.2, 0.25) is 0 Å². The van der Waals surface area contributed by atoms with Gasteiger partial charge in [0.25, 0.3) is 11.5 Å². The van der Waals surface area contributed by atoms with E-state index in [1.54, 1.807) is 35.7 Å². The first kappa shape index (κ1) is 19.7. The van der Waals surface area contributed by atoms with Crippen LogP contribution in [0, 0.1) is 0 Å². The second-order valence-electron chi connectivity index (χ2n) is 6.88. The van der Waals surface area contributed by atoms with Crippen molar-refractivity contribution in [3.8, 4) is 22.8 Å². The molecule has 11 heteroatoms. The van der Waals surface area contributed by atoms with Gasteiger partial charge in [-0.2, -0.15) is 5.10 Å². The normalized spacial score (nSPS) is 12.1. The van der Waals surface area contributed by atoms with Crippen molar-refractivity contribution in [2.45, 2.75) is 6.54 Å². The molecule has 0 aliphatic carbocycles. The highest BCUT2D eigenvalue weighted by atomic mass is 32.1. The zero-order valence-electron chi connectivity index (χ0n) is 16.4. The van der Waals surface area contributed by atoms with Crippen molar-refractivity contribution in [2.24, 2.45) is 5.73 Å². The Bertz CT molecular complexity index is 1440. The van der Waals surface area contributed by atoms with E-state index in [1.165, 1.54) is 11.3 Å². The fourth-order valence-electron chi connectivity index (χ4n) is 3.34.